The fourth-order valence-corrected chi connectivity index (χ4v) is 2.26. The summed E-state index contributed by atoms with van der Waals surface area (Å²) < 4.78 is 13.4. The minimum Gasteiger partial charge on any atom is -0.322 e. The van der Waals surface area contributed by atoms with Crippen LogP contribution in [-0.2, 0) is 0 Å². The number of rotatable bonds is 3. The monoisotopic (exact) mass is 386 g/mol. The molecule has 0 fully saturated rings. The van der Waals surface area contributed by atoms with Crippen LogP contribution in [0.15, 0.2) is 42.5 Å². The molecule has 2 aromatic rings. The van der Waals surface area contributed by atoms with Gasteiger partial charge in [0.2, 0.25) is 0 Å². The molecule has 7 heteroatoms. The number of halogens is 2. The Bertz CT molecular complexity index is 674. The number of nitro groups is 1. The van der Waals surface area contributed by atoms with Crippen LogP contribution < -0.4 is 5.32 Å². The molecule has 0 aliphatic carbocycles. The number of anilines is 1. The number of nitrogens with one attached hydrogen (secondary N) is 1. The van der Waals surface area contributed by atoms with Gasteiger partial charge in [-0.3, -0.25) is 14.9 Å². The summed E-state index contributed by atoms with van der Waals surface area (Å²) >= 11 is 1.87. The van der Waals surface area contributed by atoms with Crippen molar-refractivity contribution >= 4 is 39.9 Å². The first-order valence-electron chi connectivity index (χ1n) is 5.48. The number of carbonyl (C=O) groups is 1. The van der Waals surface area contributed by atoms with Crippen molar-refractivity contribution in [3.63, 3.8) is 0 Å². The second kappa shape index (κ2) is 5.95. The smallest absolute Gasteiger partial charge is 0.269 e. The molecule has 0 saturated heterocycles. The van der Waals surface area contributed by atoms with Gasteiger partial charge in [0, 0.05) is 21.4 Å². The maximum absolute atomic E-state index is 13.0. The molecule has 20 heavy (non-hydrogen) atoms. The van der Waals surface area contributed by atoms with Crippen LogP contribution in [0.1, 0.15) is 10.4 Å². The Balaban J connectivity index is 2.17. The maximum Gasteiger partial charge on any atom is 0.269 e. The average Bonchev–Trinajstić information content (AvgIpc) is 2.39. The van der Waals surface area contributed by atoms with Gasteiger partial charge in [-0.25, -0.2) is 4.39 Å². The lowest BCUT2D eigenvalue weighted by atomic mass is 10.2. The molecule has 0 aliphatic rings. The van der Waals surface area contributed by atoms with Crippen molar-refractivity contribution < 1.29 is 14.1 Å². The van der Waals surface area contributed by atoms with Gasteiger partial charge in [-0.15, -0.1) is 0 Å². The molecule has 1 N–H and O–H groups in total. The molecule has 0 bridgehead atoms. The largest absolute Gasteiger partial charge is 0.322 e. The molecule has 0 aliphatic heterocycles. The number of hydrogen-bond donors (Lipinski definition) is 1. The van der Waals surface area contributed by atoms with Crippen molar-refractivity contribution in [1.82, 2.24) is 0 Å². The summed E-state index contributed by atoms with van der Waals surface area (Å²) in [6.45, 7) is 0. The van der Waals surface area contributed by atoms with Crippen molar-refractivity contribution in [3.8, 4) is 0 Å². The van der Waals surface area contributed by atoms with Crippen LogP contribution in [0, 0.1) is 19.5 Å². The van der Waals surface area contributed by atoms with E-state index in [-0.39, 0.29) is 5.69 Å². The number of nitro benzene ring substituents is 1. The van der Waals surface area contributed by atoms with E-state index in [4.69, 9.17) is 0 Å². The van der Waals surface area contributed by atoms with Gasteiger partial charge in [-0.1, -0.05) is 0 Å². The van der Waals surface area contributed by atoms with Gasteiger partial charge in [0.05, 0.1) is 10.5 Å². The van der Waals surface area contributed by atoms with Gasteiger partial charge in [-0.2, -0.15) is 0 Å². The molecule has 1 amide bonds. The fourth-order valence-electron chi connectivity index (χ4n) is 1.54. The van der Waals surface area contributed by atoms with E-state index in [1.165, 1.54) is 42.5 Å². The minimum absolute atomic E-state index is 0.0561. The number of nitrogens with zero attached hydrogens (tertiary/aromatic N) is 1. The van der Waals surface area contributed by atoms with E-state index >= 15 is 0 Å². The summed E-state index contributed by atoms with van der Waals surface area (Å²) in [5, 5.41) is 13.1. The average molecular weight is 386 g/mol. The SMILES string of the molecule is O=C(Nc1ccc([N+](=O)[O-])cc1)c1ccc(F)cc1I. The van der Waals surface area contributed by atoms with Crippen LogP contribution in [0.2, 0.25) is 0 Å². The van der Waals surface area contributed by atoms with Crippen molar-refractivity contribution in [2.24, 2.45) is 0 Å². The van der Waals surface area contributed by atoms with Crippen LogP contribution in [0.25, 0.3) is 0 Å². The van der Waals surface area contributed by atoms with Crippen molar-refractivity contribution in [3.05, 3.63) is 67.5 Å². The third kappa shape index (κ3) is 3.29. The molecule has 2 aromatic carbocycles. The predicted octanol–water partition coefficient (Wildman–Crippen LogP) is 3.59. The zero-order chi connectivity index (χ0) is 14.7. The number of hydrogen-bond acceptors (Lipinski definition) is 3. The Morgan fingerprint density at radius 2 is 1.85 bits per heavy atom. The predicted molar refractivity (Wildman–Crippen MR) is 80.2 cm³/mol. The molecular weight excluding hydrogens is 378 g/mol. The van der Waals surface area contributed by atoms with E-state index in [0.29, 0.717) is 14.8 Å². The zero-order valence-electron chi connectivity index (χ0n) is 9.97. The highest BCUT2D eigenvalue weighted by Gasteiger charge is 2.11. The van der Waals surface area contributed by atoms with Gasteiger partial charge < -0.3 is 5.32 Å². The Hall–Kier alpha value is -2.03. The topological polar surface area (TPSA) is 72.2 Å². The first kappa shape index (κ1) is 14.4. The Morgan fingerprint density at radius 1 is 1.20 bits per heavy atom. The summed E-state index contributed by atoms with van der Waals surface area (Å²) in [7, 11) is 0. The highest BCUT2D eigenvalue weighted by atomic mass is 127. The third-order valence-corrected chi connectivity index (χ3v) is 3.40. The number of non-ortho nitro benzene ring substituents is 1. The second-order valence-electron chi connectivity index (χ2n) is 3.88. The Morgan fingerprint density at radius 3 is 2.40 bits per heavy atom. The van der Waals surface area contributed by atoms with E-state index in [0.717, 1.165) is 0 Å². The standard InChI is InChI=1S/C13H8FIN2O3/c14-8-1-6-11(12(15)7-8)13(18)16-9-2-4-10(5-3-9)17(19)20/h1-7H,(H,16,18). The van der Waals surface area contributed by atoms with Crippen LogP contribution in [-0.4, -0.2) is 10.8 Å². The Labute approximate surface area is 127 Å². The highest BCUT2D eigenvalue weighted by molar-refractivity contribution is 14.1. The van der Waals surface area contributed by atoms with E-state index in [1.807, 2.05) is 22.6 Å². The van der Waals surface area contributed by atoms with Crippen molar-refractivity contribution in [2.75, 3.05) is 5.32 Å². The van der Waals surface area contributed by atoms with E-state index < -0.39 is 16.6 Å². The molecule has 0 unspecified atom stereocenters. The van der Waals surface area contributed by atoms with Crippen LogP contribution in [0.3, 0.4) is 0 Å². The molecule has 5 nitrogen and oxygen atoms in total. The summed E-state index contributed by atoms with van der Waals surface area (Å²) in [6, 6.07) is 9.31. The first-order valence-corrected chi connectivity index (χ1v) is 6.56. The van der Waals surface area contributed by atoms with E-state index in [1.54, 1.807) is 0 Å². The van der Waals surface area contributed by atoms with Gasteiger partial charge in [0.25, 0.3) is 11.6 Å². The van der Waals surface area contributed by atoms with Gasteiger partial charge in [-0.05, 0) is 52.9 Å². The zero-order valence-corrected chi connectivity index (χ0v) is 12.1. The molecule has 0 radical (unpaired) electrons. The van der Waals surface area contributed by atoms with Crippen molar-refractivity contribution in [2.45, 2.75) is 0 Å². The van der Waals surface area contributed by atoms with Gasteiger partial charge >= 0.3 is 0 Å². The normalized spacial score (nSPS) is 10.1. The Kier molecular flexibility index (Phi) is 4.28. The lowest BCUT2D eigenvalue weighted by molar-refractivity contribution is -0.384. The summed E-state index contributed by atoms with van der Waals surface area (Å²) in [5.41, 5.74) is 0.713. The summed E-state index contributed by atoms with van der Waals surface area (Å²) in [6.07, 6.45) is 0. The second-order valence-corrected chi connectivity index (χ2v) is 5.04. The fraction of sp³-hybridized carbons (Fsp3) is 0. The lowest BCUT2D eigenvalue weighted by Gasteiger charge is -2.06. The summed E-state index contributed by atoms with van der Waals surface area (Å²) in [4.78, 5) is 22.0. The molecule has 0 saturated carbocycles. The minimum atomic E-state index is -0.519. The van der Waals surface area contributed by atoms with E-state index in [9.17, 15) is 19.3 Å². The molecule has 0 heterocycles. The number of carbonyl (C=O) groups excluding carboxylic acids is 1. The lowest BCUT2D eigenvalue weighted by Crippen LogP contribution is -2.13. The first-order chi connectivity index (χ1) is 9.47. The molecule has 0 aromatic heterocycles. The number of amides is 1. The molecule has 0 atom stereocenters. The maximum atomic E-state index is 13.0. The molecule has 0 spiro atoms. The van der Waals surface area contributed by atoms with Crippen LogP contribution in [0.4, 0.5) is 15.8 Å². The van der Waals surface area contributed by atoms with E-state index in [2.05, 4.69) is 5.32 Å². The molecule has 102 valence electrons. The van der Waals surface area contributed by atoms with Gasteiger partial charge in [0.15, 0.2) is 0 Å². The number of benzene rings is 2. The quantitative estimate of drug-likeness (QED) is 0.498. The van der Waals surface area contributed by atoms with Crippen LogP contribution in [0.5, 0.6) is 0 Å². The molecule has 2 rings (SSSR count). The molecular formula is C13H8FIN2O3. The van der Waals surface area contributed by atoms with Crippen molar-refractivity contribution in [1.29, 1.82) is 0 Å². The van der Waals surface area contributed by atoms with Crippen LogP contribution >= 0.6 is 22.6 Å². The highest BCUT2D eigenvalue weighted by Crippen LogP contribution is 2.18. The summed E-state index contributed by atoms with van der Waals surface area (Å²) in [5.74, 6) is -0.815. The third-order valence-electron chi connectivity index (χ3n) is 2.51. The van der Waals surface area contributed by atoms with Gasteiger partial charge in [0.1, 0.15) is 5.82 Å².